The van der Waals surface area contributed by atoms with Crippen molar-refractivity contribution >= 4 is 33.9 Å². The minimum Gasteiger partial charge on any atom is -0.393 e. The summed E-state index contributed by atoms with van der Waals surface area (Å²) in [4.78, 5) is 6.95. The summed E-state index contributed by atoms with van der Waals surface area (Å²) in [7, 11) is 0. The lowest BCUT2D eigenvalue weighted by Crippen LogP contribution is -2.62. The molecule has 5 fully saturated rings. The Morgan fingerprint density at radius 1 is 1.07 bits per heavy atom. The number of amidine groups is 1. The van der Waals surface area contributed by atoms with Gasteiger partial charge in [-0.15, -0.1) is 17.0 Å². The second kappa shape index (κ2) is 6.37. The number of hydrogen-bond donors (Lipinski definition) is 2. The van der Waals surface area contributed by atoms with Crippen LogP contribution in [-0.2, 0) is 0 Å². The quantitative estimate of drug-likeness (QED) is 0.560. The van der Waals surface area contributed by atoms with E-state index in [0.29, 0.717) is 22.5 Å². The van der Waals surface area contributed by atoms with E-state index in [1.807, 2.05) is 11.8 Å². The first-order chi connectivity index (χ1) is 12.9. The maximum atomic E-state index is 12.1. The number of halogens is 1. The second-order valence-corrected chi connectivity index (χ2v) is 12.1. The van der Waals surface area contributed by atoms with E-state index in [0.717, 1.165) is 55.8 Å². The van der Waals surface area contributed by atoms with Crippen molar-refractivity contribution in [2.75, 3.05) is 13.1 Å². The third-order valence-electron chi connectivity index (χ3n) is 10.2. The summed E-state index contributed by atoms with van der Waals surface area (Å²) in [6.45, 7) is 6.72. The van der Waals surface area contributed by atoms with Gasteiger partial charge in [-0.25, -0.2) is 0 Å². The highest BCUT2D eigenvalue weighted by molar-refractivity contribution is 8.93. The van der Waals surface area contributed by atoms with Crippen LogP contribution in [0, 0.1) is 34.5 Å². The highest BCUT2D eigenvalue weighted by Crippen LogP contribution is 2.71. The fourth-order valence-corrected chi connectivity index (χ4v) is 10.4. The molecule has 0 aromatic rings. The number of nitrogens with zero attached hydrogens (tertiary/aromatic N) is 2. The predicted molar refractivity (Wildman–Crippen MR) is 119 cm³/mol. The van der Waals surface area contributed by atoms with Gasteiger partial charge >= 0.3 is 0 Å². The summed E-state index contributed by atoms with van der Waals surface area (Å²) in [6.07, 6.45) is 9.34. The van der Waals surface area contributed by atoms with Gasteiger partial charge < -0.3 is 15.1 Å². The monoisotopic (exact) mass is 470 g/mol. The van der Waals surface area contributed by atoms with E-state index < -0.39 is 5.72 Å². The summed E-state index contributed by atoms with van der Waals surface area (Å²) < 4.78 is 0. The van der Waals surface area contributed by atoms with Crippen LogP contribution < -0.4 is 0 Å². The molecule has 0 aromatic heterocycles. The van der Waals surface area contributed by atoms with E-state index in [1.165, 1.54) is 25.7 Å². The number of fused-ring (bicyclic) bond motifs is 9. The van der Waals surface area contributed by atoms with Crippen molar-refractivity contribution in [2.24, 2.45) is 39.5 Å². The molecule has 28 heavy (non-hydrogen) atoms. The number of aliphatic imine (C=N–C) groups is 1. The molecule has 5 unspecified atom stereocenters. The number of aliphatic hydroxyl groups excluding tert-OH is 1. The molecule has 6 aliphatic rings. The van der Waals surface area contributed by atoms with Crippen LogP contribution >= 0.6 is 28.7 Å². The Labute approximate surface area is 183 Å². The minimum atomic E-state index is -0.677. The van der Waals surface area contributed by atoms with Gasteiger partial charge in [0, 0.05) is 12.0 Å². The maximum absolute atomic E-state index is 12.1. The number of hydrogen-bond acceptors (Lipinski definition) is 5. The van der Waals surface area contributed by atoms with E-state index in [-0.39, 0.29) is 28.5 Å². The normalized spacial score (nSPS) is 56.7. The maximum Gasteiger partial charge on any atom is 0.162 e. The Hall–Kier alpha value is 0.220. The minimum absolute atomic E-state index is 0. The van der Waals surface area contributed by atoms with Crippen LogP contribution in [0.15, 0.2) is 4.99 Å². The first kappa shape index (κ1) is 20.1. The Morgan fingerprint density at radius 2 is 1.89 bits per heavy atom. The number of thioether (sulfide) groups is 1. The molecule has 0 spiro atoms. The molecule has 2 aliphatic heterocycles. The van der Waals surface area contributed by atoms with Crippen LogP contribution in [-0.4, -0.2) is 50.4 Å². The zero-order chi connectivity index (χ0) is 18.6. The molecule has 2 heterocycles. The average molecular weight is 472 g/mol. The van der Waals surface area contributed by atoms with E-state index in [9.17, 15) is 10.2 Å². The molecule has 0 aromatic carbocycles. The van der Waals surface area contributed by atoms with E-state index >= 15 is 0 Å². The Bertz CT molecular complexity index is 706. The highest BCUT2D eigenvalue weighted by atomic mass is 79.9. The highest BCUT2D eigenvalue weighted by Gasteiger charge is 2.73. The summed E-state index contributed by atoms with van der Waals surface area (Å²) >= 11 is 1.87. The molecule has 9 atom stereocenters. The molecule has 0 amide bonds. The molecule has 6 rings (SSSR count). The number of rotatable bonds is 0. The van der Waals surface area contributed by atoms with Crippen LogP contribution in [0.2, 0.25) is 0 Å². The lowest BCUT2D eigenvalue weighted by molar-refractivity contribution is -0.191. The molecule has 158 valence electrons. The SMILES string of the molecule is Br.C[C@@]12CCC(O)CC1CCC1C2CC[C@]2(C)C1C[C@@H]1SC3=NCCN3[C@@]12O. The van der Waals surface area contributed by atoms with Crippen LogP contribution in [0.3, 0.4) is 0 Å². The third kappa shape index (κ3) is 2.24. The lowest BCUT2D eigenvalue weighted by atomic mass is 9.44. The zero-order valence-electron chi connectivity index (χ0n) is 17.1. The fourth-order valence-electron chi connectivity index (χ4n) is 8.79. The molecule has 1 saturated heterocycles. The average Bonchev–Trinajstić information content (AvgIpc) is 3.26. The first-order valence-electron chi connectivity index (χ1n) is 11.3. The topological polar surface area (TPSA) is 56.1 Å². The van der Waals surface area contributed by atoms with Gasteiger partial charge in [0.25, 0.3) is 0 Å². The lowest BCUT2D eigenvalue weighted by Gasteiger charge is -2.62. The van der Waals surface area contributed by atoms with E-state index in [4.69, 9.17) is 0 Å². The van der Waals surface area contributed by atoms with Crippen LogP contribution in [0.5, 0.6) is 0 Å². The molecule has 0 radical (unpaired) electrons. The zero-order valence-corrected chi connectivity index (χ0v) is 19.7. The first-order valence-corrected chi connectivity index (χ1v) is 12.1. The Kier molecular flexibility index (Phi) is 4.58. The van der Waals surface area contributed by atoms with Crippen molar-refractivity contribution < 1.29 is 10.2 Å². The van der Waals surface area contributed by atoms with Crippen LogP contribution in [0.25, 0.3) is 0 Å². The van der Waals surface area contributed by atoms with Gasteiger partial charge in [0.2, 0.25) is 0 Å². The second-order valence-electron chi connectivity index (χ2n) is 10.9. The fraction of sp³-hybridized carbons (Fsp3) is 0.955. The Balaban J connectivity index is 0.00000171. The van der Waals surface area contributed by atoms with Crippen molar-refractivity contribution in [1.29, 1.82) is 0 Å². The molecule has 4 nitrogen and oxygen atoms in total. The van der Waals surface area contributed by atoms with Crippen molar-refractivity contribution in [1.82, 2.24) is 4.90 Å². The van der Waals surface area contributed by atoms with Gasteiger partial charge in [-0.1, -0.05) is 25.6 Å². The molecule has 4 aliphatic carbocycles. The van der Waals surface area contributed by atoms with Crippen molar-refractivity contribution in [3.63, 3.8) is 0 Å². The summed E-state index contributed by atoms with van der Waals surface area (Å²) in [5, 5.41) is 23.7. The summed E-state index contributed by atoms with van der Waals surface area (Å²) in [5.41, 5.74) is -0.259. The smallest absolute Gasteiger partial charge is 0.162 e. The van der Waals surface area contributed by atoms with Crippen molar-refractivity contribution in [3.05, 3.63) is 0 Å². The summed E-state index contributed by atoms with van der Waals surface area (Å²) in [5.74, 6) is 2.91. The van der Waals surface area contributed by atoms with Gasteiger partial charge in [-0.3, -0.25) is 4.99 Å². The third-order valence-corrected chi connectivity index (χ3v) is 11.6. The van der Waals surface area contributed by atoms with Gasteiger partial charge in [-0.05, 0) is 80.5 Å². The largest absolute Gasteiger partial charge is 0.393 e. The molecular formula is C22H35BrN2O2S. The van der Waals surface area contributed by atoms with Crippen molar-refractivity contribution in [3.8, 4) is 0 Å². The standard InChI is InChI=1S/C22H34N2O2S.BrH/c1-20-7-5-14(25)11-13(20)3-4-15-16(20)6-8-21(2)17(15)12-18-22(21,26)24-10-9-23-19(24)27-18;/h13-18,25-26H,3-12H2,1-2H3;1H/t13?,14?,15?,16?,17?,18-,20+,21+,22+;/m0./s1. The molecule has 6 heteroatoms. The molecular weight excluding hydrogens is 436 g/mol. The van der Waals surface area contributed by atoms with Gasteiger partial charge in [0.1, 0.15) is 0 Å². The predicted octanol–water partition coefficient (Wildman–Crippen LogP) is 4.05. The summed E-state index contributed by atoms with van der Waals surface area (Å²) in [6, 6.07) is 0. The van der Waals surface area contributed by atoms with Crippen LogP contribution in [0.1, 0.15) is 65.2 Å². The van der Waals surface area contributed by atoms with Crippen LogP contribution in [0.4, 0.5) is 0 Å². The Morgan fingerprint density at radius 3 is 2.71 bits per heavy atom. The van der Waals surface area contributed by atoms with Gasteiger partial charge in [0.05, 0.1) is 17.9 Å². The molecule has 4 saturated carbocycles. The number of aliphatic hydroxyl groups is 2. The van der Waals surface area contributed by atoms with E-state index in [1.54, 1.807) is 0 Å². The molecule has 0 bridgehead atoms. The van der Waals surface area contributed by atoms with E-state index in [2.05, 4.69) is 23.7 Å². The van der Waals surface area contributed by atoms with Gasteiger partial charge in [0.15, 0.2) is 10.9 Å². The molecule has 2 N–H and O–H groups in total. The van der Waals surface area contributed by atoms with Gasteiger partial charge in [-0.2, -0.15) is 0 Å². The van der Waals surface area contributed by atoms with Crippen molar-refractivity contribution in [2.45, 2.75) is 82.3 Å².